The number of rotatable bonds is 2. The van der Waals surface area contributed by atoms with Crippen molar-refractivity contribution in [3.63, 3.8) is 0 Å². The van der Waals surface area contributed by atoms with Crippen LogP contribution in [0.3, 0.4) is 0 Å². The lowest BCUT2D eigenvalue weighted by molar-refractivity contribution is -0.137. The van der Waals surface area contributed by atoms with Crippen LogP contribution in [0.2, 0.25) is 0 Å². The van der Waals surface area contributed by atoms with Crippen LogP contribution in [0.4, 0.5) is 24.9 Å². The minimum atomic E-state index is -4.45. The van der Waals surface area contributed by atoms with E-state index in [0.29, 0.717) is 22.0 Å². The number of benzene rings is 2. The lowest BCUT2D eigenvalue weighted by atomic mass is 9.95. The first-order chi connectivity index (χ1) is 11.7. The number of alkyl halides is 3. The highest BCUT2D eigenvalue weighted by molar-refractivity contribution is 6.12. The normalized spacial score (nSPS) is 11.7. The molecule has 1 aromatic heterocycles. The maximum Gasteiger partial charge on any atom is 0.416 e. The first kappa shape index (κ1) is 16.7. The number of hydrogen-bond acceptors (Lipinski definition) is 5. The molecule has 1 heterocycles. The fraction of sp³-hybridized carbons (Fsp3) is 0.118. The van der Waals surface area contributed by atoms with Gasteiger partial charge in [0.25, 0.3) is 0 Å². The van der Waals surface area contributed by atoms with Gasteiger partial charge in [0.15, 0.2) is 5.78 Å². The van der Waals surface area contributed by atoms with Crippen LogP contribution < -0.4 is 11.5 Å². The molecule has 128 valence electrons. The highest BCUT2D eigenvalue weighted by Crippen LogP contribution is 2.30. The molecule has 5 nitrogen and oxygen atoms in total. The SMILES string of the molecule is Cc1c(C(=O)c2ccc(C(F)(F)F)cc2)ccc2nc(N)nc(N)c12. The van der Waals surface area contributed by atoms with Gasteiger partial charge in [0, 0.05) is 16.5 Å². The third-order valence-electron chi connectivity index (χ3n) is 3.89. The molecule has 0 aliphatic carbocycles. The van der Waals surface area contributed by atoms with Gasteiger partial charge in [-0.05, 0) is 36.8 Å². The molecule has 25 heavy (non-hydrogen) atoms. The zero-order chi connectivity index (χ0) is 18.4. The van der Waals surface area contributed by atoms with Gasteiger partial charge in [0.1, 0.15) is 5.82 Å². The van der Waals surface area contributed by atoms with Crippen molar-refractivity contribution in [1.82, 2.24) is 9.97 Å². The van der Waals surface area contributed by atoms with Crippen LogP contribution in [0.5, 0.6) is 0 Å². The number of anilines is 2. The quantitative estimate of drug-likeness (QED) is 0.694. The summed E-state index contributed by atoms with van der Waals surface area (Å²) in [6.45, 7) is 1.68. The number of aromatic nitrogens is 2. The number of hydrogen-bond donors (Lipinski definition) is 2. The second-order valence-electron chi connectivity index (χ2n) is 5.50. The monoisotopic (exact) mass is 346 g/mol. The summed E-state index contributed by atoms with van der Waals surface area (Å²) >= 11 is 0. The van der Waals surface area contributed by atoms with Crippen LogP contribution >= 0.6 is 0 Å². The van der Waals surface area contributed by atoms with E-state index in [4.69, 9.17) is 11.5 Å². The summed E-state index contributed by atoms with van der Waals surface area (Å²) < 4.78 is 37.9. The van der Waals surface area contributed by atoms with Gasteiger partial charge in [-0.2, -0.15) is 18.2 Å². The molecule has 0 saturated heterocycles. The predicted octanol–water partition coefficient (Wildman–Crippen LogP) is 3.35. The molecular formula is C17H13F3N4O. The first-order valence-corrected chi connectivity index (χ1v) is 7.22. The molecule has 0 radical (unpaired) electrons. The topological polar surface area (TPSA) is 94.9 Å². The van der Waals surface area contributed by atoms with E-state index >= 15 is 0 Å². The van der Waals surface area contributed by atoms with Crippen molar-refractivity contribution < 1.29 is 18.0 Å². The van der Waals surface area contributed by atoms with E-state index in [2.05, 4.69) is 9.97 Å². The van der Waals surface area contributed by atoms with E-state index < -0.39 is 17.5 Å². The van der Waals surface area contributed by atoms with E-state index in [1.54, 1.807) is 19.1 Å². The predicted molar refractivity (Wildman–Crippen MR) is 88.0 cm³/mol. The highest BCUT2D eigenvalue weighted by Gasteiger charge is 2.30. The van der Waals surface area contributed by atoms with Crippen molar-refractivity contribution in [3.8, 4) is 0 Å². The standard InChI is InChI=1S/C17H13F3N4O/c1-8-11(6-7-12-13(8)15(21)24-16(22)23-12)14(25)9-2-4-10(5-3-9)17(18,19)20/h2-7H,1H3,(H4,21,22,23,24). The molecule has 0 spiro atoms. The number of nitrogens with zero attached hydrogens (tertiary/aromatic N) is 2. The van der Waals surface area contributed by atoms with Crippen molar-refractivity contribution in [2.75, 3.05) is 11.5 Å². The van der Waals surface area contributed by atoms with Crippen LogP contribution in [-0.4, -0.2) is 15.8 Å². The van der Waals surface area contributed by atoms with E-state index in [1.165, 1.54) is 0 Å². The fourth-order valence-electron chi connectivity index (χ4n) is 2.65. The van der Waals surface area contributed by atoms with E-state index in [0.717, 1.165) is 24.3 Å². The molecule has 0 saturated carbocycles. The third kappa shape index (κ3) is 2.98. The van der Waals surface area contributed by atoms with Crippen molar-refractivity contribution in [3.05, 3.63) is 58.7 Å². The molecule has 0 unspecified atom stereocenters. The average molecular weight is 346 g/mol. The molecule has 0 aliphatic heterocycles. The third-order valence-corrected chi connectivity index (χ3v) is 3.89. The summed E-state index contributed by atoms with van der Waals surface area (Å²) in [4.78, 5) is 20.6. The zero-order valence-electron chi connectivity index (χ0n) is 13.1. The number of nitrogens with two attached hydrogens (primary N) is 2. The Labute approximate surface area is 140 Å². The summed E-state index contributed by atoms with van der Waals surface area (Å²) in [7, 11) is 0. The molecule has 2 aromatic carbocycles. The van der Waals surface area contributed by atoms with Gasteiger partial charge in [-0.15, -0.1) is 0 Å². The summed E-state index contributed by atoms with van der Waals surface area (Å²) in [5.74, 6) is -0.252. The van der Waals surface area contributed by atoms with Gasteiger partial charge in [0.2, 0.25) is 5.95 Å². The van der Waals surface area contributed by atoms with Crippen molar-refractivity contribution >= 4 is 28.5 Å². The van der Waals surface area contributed by atoms with E-state index in [-0.39, 0.29) is 17.3 Å². The van der Waals surface area contributed by atoms with Gasteiger partial charge in [0.05, 0.1) is 11.1 Å². The molecule has 0 bridgehead atoms. The minimum absolute atomic E-state index is 0.0196. The molecule has 0 amide bonds. The Bertz CT molecular complexity index is 982. The first-order valence-electron chi connectivity index (χ1n) is 7.22. The number of aryl methyl sites for hydroxylation is 1. The second kappa shape index (κ2) is 5.73. The number of carbonyl (C=O) groups is 1. The van der Waals surface area contributed by atoms with Gasteiger partial charge < -0.3 is 11.5 Å². The van der Waals surface area contributed by atoms with Gasteiger partial charge in [-0.25, -0.2) is 4.98 Å². The summed E-state index contributed by atoms with van der Waals surface area (Å²) in [5.41, 5.74) is 12.1. The number of halogens is 3. The van der Waals surface area contributed by atoms with Gasteiger partial charge in [-0.1, -0.05) is 12.1 Å². The minimum Gasteiger partial charge on any atom is -0.383 e. The average Bonchev–Trinajstić information content (AvgIpc) is 2.53. The zero-order valence-corrected chi connectivity index (χ0v) is 13.1. The van der Waals surface area contributed by atoms with E-state index in [9.17, 15) is 18.0 Å². The molecule has 0 atom stereocenters. The Balaban J connectivity index is 2.07. The van der Waals surface area contributed by atoms with Crippen molar-refractivity contribution in [1.29, 1.82) is 0 Å². The second-order valence-corrected chi connectivity index (χ2v) is 5.50. The number of fused-ring (bicyclic) bond motifs is 1. The lowest BCUT2D eigenvalue weighted by Crippen LogP contribution is -2.09. The van der Waals surface area contributed by atoms with E-state index in [1.807, 2.05) is 0 Å². The Morgan fingerprint density at radius 1 is 1.00 bits per heavy atom. The fourth-order valence-corrected chi connectivity index (χ4v) is 2.65. The van der Waals surface area contributed by atoms with Crippen molar-refractivity contribution in [2.45, 2.75) is 13.1 Å². The molecule has 0 aliphatic rings. The largest absolute Gasteiger partial charge is 0.416 e. The maximum atomic E-state index is 12.7. The molecule has 0 fully saturated rings. The van der Waals surface area contributed by atoms with Crippen LogP contribution in [0.1, 0.15) is 27.0 Å². The number of ketones is 1. The summed E-state index contributed by atoms with van der Waals surface area (Å²) in [6.07, 6.45) is -4.45. The Morgan fingerprint density at radius 2 is 1.64 bits per heavy atom. The summed E-state index contributed by atoms with van der Waals surface area (Å²) in [5, 5.41) is 0.493. The number of nitrogen functional groups attached to an aromatic ring is 2. The number of carbonyl (C=O) groups excluding carboxylic acids is 1. The van der Waals surface area contributed by atoms with Crippen LogP contribution in [0, 0.1) is 6.92 Å². The van der Waals surface area contributed by atoms with Crippen LogP contribution in [0.15, 0.2) is 36.4 Å². The summed E-state index contributed by atoms with van der Waals surface area (Å²) in [6, 6.07) is 7.18. The molecule has 8 heteroatoms. The molecular weight excluding hydrogens is 333 g/mol. The van der Waals surface area contributed by atoms with Crippen molar-refractivity contribution in [2.24, 2.45) is 0 Å². The Hall–Kier alpha value is -3.16. The molecule has 3 rings (SSSR count). The highest BCUT2D eigenvalue weighted by atomic mass is 19.4. The smallest absolute Gasteiger partial charge is 0.383 e. The van der Waals surface area contributed by atoms with Crippen LogP contribution in [0.25, 0.3) is 10.9 Å². The van der Waals surface area contributed by atoms with Gasteiger partial charge >= 0.3 is 6.18 Å². The molecule has 4 N–H and O–H groups in total. The lowest BCUT2D eigenvalue weighted by Gasteiger charge is -2.11. The Kier molecular flexibility index (Phi) is 3.82. The molecule has 3 aromatic rings. The van der Waals surface area contributed by atoms with Gasteiger partial charge in [-0.3, -0.25) is 4.79 Å². The maximum absolute atomic E-state index is 12.7. The Morgan fingerprint density at radius 3 is 2.24 bits per heavy atom. The van der Waals surface area contributed by atoms with Crippen LogP contribution in [-0.2, 0) is 6.18 Å².